The number of allylic oxidation sites excluding steroid dienone is 6. The van der Waals surface area contributed by atoms with E-state index in [0.717, 1.165) is 29.3 Å². The monoisotopic (exact) mass is 1130 g/mol. The first-order chi connectivity index (χ1) is 34.3. The Balaban J connectivity index is 1.73. The summed E-state index contributed by atoms with van der Waals surface area (Å²) in [5, 5.41) is 12.2. The molecule has 2 bridgehead atoms. The molecule has 15 atom stereocenters. The molecule has 1 saturated carbocycles. The van der Waals surface area contributed by atoms with Crippen LogP contribution in [-0.2, 0) is 61.9 Å². The lowest BCUT2D eigenvalue weighted by Gasteiger charge is -2.43. The van der Waals surface area contributed by atoms with Crippen LogP contribution in [0.2, 0.25) is 0 Å². The largest absolute Gasteiger partial charge is 0.460 e. The van der Waals surface area contributed by atoms with Gasteiger partial charge >= 0.3 is 5.97 Å². The molecule has 2 saturated heterocycles. The average molecular weight is 1130 g/mol. The van der Waals surface area contributed by atoms with E-state index in [4.69, 9.17) is 37.9 Å². The van der Waals surface area contributed by atoms with Crippen molar-refractivity contribution in [1.29, 1.82) is 0 Å². The van der Waals surface area contributed by atoms with Crippen LogP contribution in [0.15, 0.2) is 47.6 Å². The van der Waals surface area contributed by atoms with Crippen LogP contribution in [0.1, 0.15) is 126 Å². The maximum absolute atomic E-state index is 14.6. The van der Waals surface area contributed by atoms with E-state index in [-0.39, 0.29) is 66.8 Å². The smallest absolute Gasteiger partial charge is 0.329 e. The number of hydrogen-bond donors (Lipinski definition) is 1. The predicted molar refractivity (Wildman–Crippen MR) is 283 cm³/mol. The standard InChI is InChI=1S/C56H88INO14/c1-35-17-13-12-14-18-36(2)47(70-28-27-69-26-24-57)33-43-22-20-41(7)56(64,72-43)53(61)54(62)58-25-16-15-19-44(58)55(63)71-48(38(4)31-42-21-23-46(65-8)49(32-42)66-9)34-45(59)37(3)30-40(6)51(67-10)52(68-11)50(60)39(5)29-35/h12-14,17-18,30,35,37-39,41-44,46-49,51-52,64H,15-16,19-29,31-34H2,1-11H3/b14-12+,17-13+,36-18+,40-30+/t35-,37-,38-,39-,41-,42+,43+,44+,46-,47?,48+,49-,51-,52+,56-/m1/s1. The van der Waals surface area contributed by atoms with Gasteiger partial charge in [-0.25, -0.2) is 4.79 Å². The molecule has 1 amide bonds. The fraction of sp³-hybridized carbons (Fsp3) is 0.768. The van der Waals surface area contributed by atoms with Crippen molar-refractivity contribution in [1.82, 2.24) is 4.90 Å². The summed E-state index contributed by atoms with van der Waals surface area (Å²) in [6, 6.07) is -1.12. The molecule has 4 aliphatic rings. The minimum Gasteiger partial charge on any atom is -0.460 e. The molecule has 1 aliphatic carbocycles. The number of carbonyl (C=O) groups is 5. The number of esters is 1. The van der Waals surface area contributed by atoms with Crippen molar-refractivity contribution in [2.45, 2.75) is 180 Å². The molecule has 408 valence electrons. The average Bonchev–Trinajstić information content (AvgIpc) is 3.36. The number of nitrogens with zero attached hydrogens (tertiary/aromatic N) is 1. The molecule has 72 heavy (non-hydrogen) atoms. The van der Waals surface area contributed by atoms with Gasteiger partial charge in [0.1, 0.15) is 30.1 Å². The molecule has 1 N–H and O–H groups in total. The van der Waals surface area contributed by atoms with Gasteiger partial charge in [-0.3, -0.25) is 19.2 Å². The van der Waals surface area contributed by atoms with E-state index in [0.29, 0.717) is 70.3 Å². The quantitative estimate of drug-likeness (QED) is 0.0464. The van der Waals surface area contributed by atoms with Gasteiger partial charge in [0.25, 0.3) is 11.7 Å². The number of cyclic esters (lactones) is 1. The Morgan fingerprint density at radius 1 is 0.806 bits per heavy atom. The van der Waals surface area contributed by atoms with Crippen LogP contribution in [-0.4, -0.2) is 153 Å². The molecule has 16 heteroatoms. The van der Waals surface area contributed by atoms with Crippen LogP contribution in [0.3, 0.4) is 0 Å². The van der Waals surface area contributed by atoms with Gasteiger partial charge in [-0.1, -0.05) is 93.7 Å². The minimum absolute atomic E-state index is 0.0289. The Labute approximate surface area is 444 Å². The van der Waals surface area contributed by atoms with Gasteiger partial charge in [0.2, 0.25) is 5.79 Å². The molecule has 0 radical (unpaired) electrons. The summed E-state index contributed by atoms with van der Waals surface area (Å²) in [7, 11) is 6.37. The summed E-state index contributed by atoms with van der Waals surface area (Å²) in [6.07, 6.45) is 13.9. The lowest BCUT2D eigenvalue weighted by atomic mass is 9.78. The molecule has 0 aromatic rings. The third-order valence-electron chi connectivity index (χ3n) is 15.5. The molecule has 3 fully saturated rings. The summed E-state index contributed by atoms with van der Waals surface area (Å²) in [4.78, 5) is 73.1. The maximum atomic E-state index is 14.6. The van der Waals surface area contributed by atoms with Crippen molar-refractivity contribution in [2.24, 2.45) is 35.5 Å². The highest BCUT2D eigenvalue weighted by Gasteiger charge is 2.53. The third kappa shape index (κ3) is 17.4. The summed E-state index contributed by atoms with van der Waals surface area (Å²) in [6.45, 7) is 14.5. The first-order valence-corrected chi connectivity index (χ1v) is 27.9. The number of alkyl halides is 1. The number of hydrogen-bond acceptors (Lipinski definition) is 14. The van der Waals surface area contributed by atoms with Gasteiger partial charge in [-0.15, -0.1) is 0 Å². The van der Waals surface area contributed by atoms with Crippen LogP contribution in [0.5, 0.6) is 0 Å². The van der Waals surface area contributed by atoms with Crippen LogP contribution in [0, 0.1) is 35.5 Å². The number of methoxy groups -OCH3 is 4. The van der Waals surface area contributed by atoms with E-state index < -0.39 is 71.8 Å². The highest BCUT2D eigenvalue weighted by molar-refractivity contribution is 14.1. The minimum atomic E-state index is -2.44. The SMILES string of the molecule is CO[C@@H]1/C(C)=C/[C@@H](C)C(=O)C[C@@H]([C@H](C)C[C@@H]2CC[C@@H](OC)[C@H](OC)C2)OC(=O)[C@@H]2CCCCN2C(=O)C(=O)[C@]2(O)O[C@@H](CC[C@H]2C)CC(OCCOCCI)/C(C)=C/C=C/C=C/[C@@H](C)C[C@@H](C)C(=O)[C@@H]1OC. The van der Waals surface area contributed by atoms with Crippen LogP contribution in [0.25, 0.3) is 0 Å². The number of carbonyl (C=O) groups excluding carboxylic acids is 5. The first kappa shape index (κ1) is 61.9. The summed E-state index contributed by atoms with van der Waals surface area (Å²) in [5.74, 6) is -7.34. The molecule has 0 spiro atoms. The fourth-order valence-corrected chi connectivity index (χ4v) is 11.3. The predicted octanol–water partition coefficient (Wildman–Crippen LogP) is 8.31. The maximum Gasteiger partial charge on any atom is 0.329 e. The second-order valence-electron chi connectivity index (χ2n) is 20.9. The molecule has 15 nitrogen and oxygen atoms in total. The van der Waals surface area contributed by atoms with Gasteiger partial charge in [0.05, 0.1) is 44.2 Å². The number of ketones is 3. The van der Waals surface area contributed by atoms with Crippen LogP contribution >= 0.6 is 22.6 Å². The molecular weight excluding hydrogens is 1040 g/mol. The number of amides is 1. The zero-order valence-electron chi connectivity index (χ0n) is 45.1. The van der Waals surface area contributed by atoms with E-state index in [2.05, 4.69) is 29.5 Å². The first-order valence-electron chi connectivity index (χ1n) is 26.4. The van der Waals surface area contributed by atoms with Crippen molar-refractivity contribution < 1.29 is 67.0 Å². The Kier molecular flexibility index (Phi) is 26.4. The van der Waals surface area contributed by atoms with Crippen molar-refractivity contribution in [2.75, 3.05) is 59.2 Å². The lowest BCUT2D eigenvalue weighted by molar-refractivity contribution is -0.266. The highest BCUT2D eigenvalue weighted by atomic mass is 127. The molecule has 0 aromatic heterocycles. The number of ether oxygens (including phenoxy) is 8. The zero-order chi connectivity index (χ0) is 53.1. The number of halogens is 1. The molecular formula is C56H88INO14. The molecule has 0 aromatic carbocycles. The number of Topliss-reactive ketones (excluding diaryl/α,β-unsaturated/α-hetero) is 3. The van der Waals surface area contributed by atoms with Crippen molar-refractivity contribution in [3.63, 3.8) is 0 Å². The summed E-state index contributed by atoms with van der Waals surface area (Å²) in [5.41, 5.74) is 1.54. The Hall–Kier alpha value is -2.68. The van der Waals surface area contributed by atoms with Crippen molar-refractivity contribution in [3.8, 4) is 0 Å². The van der Waals surface area contributed by atoms with E-state index in [1.807, 2.05) is 58.1 Å². The van der Waals surface area contributed by atoms with E-state index in [9.17, 15) is 29.1 Å². The van der Waals surface area contributed by atoms with Crippen molar-refractivity contribution >= 4 is 51.8 Å². The fourth-order valence-electron chi connectivity index (χ4n) is 11.0. The number of aliphatic hydroxyl groups is 1. The molecule has 3 heterocycles. The van der Waals surface area contributed by atoms with Gasteiger partial charge < -0.3 is 47.9 Å². The second kappa shape index (κ2) is 30.8. The number of rotatable bonds is 13. The lowest BCUT2D eigenvalue weighted by Crippen LogP contribution is -2.61. The second-order valence-corrected chi connectivity index (χ2v) is 22.0. The summed E-state index contributed by atoms with van der Waals surface area (Å²) < 4.78 is 48.8. The van der Waals surface area contributed by atoms with Crippen LogP contribution < -0.4 is 0 Å². The van der Waals surface area contributed by atoms with Crippen LogP contribution in [0.4, 0.5) is 0 Å². The van der Waals surface area contributed by atoms with E-state index in [1.54, 1.807) is 34.1 Å². The Morgan fingerprint density at radius 3 is 2.21 bits per heavy atom. The number of piperidine rings is 1. The summed E-state index contributed by atoms with van der Waals surface area (Å²) >= 11 is 2.25. The topological polar surface area (TPSA) is 183 Å². The van der Waals surface area contributed by atoms with E-state index in [1.165, 1.54) is 19.1 Å². The molecule has 3 aliphatic heterocycles. The Morgan fingerprint density at radius 2 is 1.53 bits per heavy atom. The van der Waals surface area contributed by atoms with Gasteiger partial charge in [0.15, 0.2) is 5.78 Å². The molecule has 1 unspecified atom stereocenters. The van der Waals surface area contributed by atoms with Gasteiger partial charge in [-0.2, -0.15) is 0 Å². The normalized spacial score (nSPS) is 37.7. The third-order valence-corrected chi connectivity index (χ3v) is 15.9. The van der Waals surface area contributed by atoms with Gasteiger partial charge in [0, 0.05) is 70.0 Å². The van der Waals surface area contributed by atoms with Crippen molar-refractivity contribution in [3.05, 3.63) is 47.6 Å². The zero-order valence-corrected chi connectivity index (χ0v) is 47.3. The highest BCUT2D eigenvalue weighted by Crippen LogP contribution is 2.38. The number of fused-ring (bicyclic) bond motifs is 3. The van der Waals surface area contributed by atoms with E-state index >= 15 is 0 Å². The van der Waals surface area contributed by atoms with Gasteiger partial charge in [-0.05, 0) is 107 Å². The molecule has 4 rings (SSSR count). The Bertz CT molecular complexity index is 1890.